The second-order valence-corrected chi connectivity index (χ2v) is 4.63. The van der Waals surface area contributed by atoms with Crippen LogP contribution in [0.2, 0.25) is 0 Å². The molecular weight excluding hydrogens is 216 g/mol. The van der Waals surface area contributed by atoms with E-state index in [1.54, 1.807) is 12.3 Å². The molecule has 1 aromatic heterocycles. The van der Waals surface area contributed by atoms with Gasteiger partial charge in [-0.2, -0.15) is 4.98 Å². The first-order chi connectivity index (χ1) is 7.99. The highest BCUT2D eigenvalue weighted by Crippen LogP contribution is 2.16. The van der Waals surface area contributed by atoms with Gasteiger partial charge in [-0.1, -0.05) is 6.92 Å². The standard InChI is InChI=1S/C12H22N4O/c1-5-12(4,8-13)16-11-14-7-6-10(15-11)17-9(2)3/h6-7,9H,5,8,13H2,1-4H3,(H,14,15,16). The van der Waals surface area contributed by atoms with Crippen molar-refractivity contribution in [2.45, 2.75) is 45.8 Å². The van der Waals surface area contributed by atoms with Crippen molar-refractivity contribution in [2.75, 3.05) is 11.9 Å². The number of rotatable bonds is 6. The number of ether oxygens (including phenoxy) is 1. The highest BCUT2D eigenvalue weighted by molar-refractivity contribution is 5.31. The molecule has 0 saturated carbocycles. The SMILES string of the molecule is CCC(C)(CN)Nc1nccc(OC(C)C)n1. The summed E-state index contributed by atoms with van der Waals surface area (Å²) < 4.78 is 5.51. The molecule has 1 rings (SSSR count). The molecule has 0 saturated heterocycles. The van der Waals surface area contributed by atoms with Gasteiger partial charge >= 0.3 is 0 Å². The van der Waals surface area contributed by atoms with Crippen molar-refractivity contribution in [3.63, 3.8) is 0 Å². The van der Waals surface area contributed by atoms with Crippen LogP contribution in [0.25, 0.3) is 0 Å². The predicted octanol–water partition coefficient (Wildman–Crippen LogP) is 1.80. The van der Waals surface area contributed by atoms with Gasteiger partial charge in [0.25, 0.3) is 0 Å². The van der Waals surface area contributed by atoms with Crippen LogP contribution in [-0.2, 0) is 0 Å². The summed E-state index contributed by atoms with van der Waals surface area (Å²) >= 11 is 0. The predicted molar refractivity (Wildman–Crippen MR) is 69.2 cm³/mol. The number of nitrogens with two attached hydrogens (primary N) is 1. The Labute approximate surface area is 103 Å². The van der Waals surface area contributed by atoms with Gasteiger partial charge in [-0.15, -0.1) is 0 Å². The Kier molecular flexibility index (Phi) is 4.69. The highest BCUT2D eigenvalue weighted by atomic mass is 16.5. The van der Waals surface area contributed by atoms with Crippen LogP contribution in [0.5, 0.6) is 5.88 Å². The minimum Gasteiger partial charge on any atom is -0.475 e. The molecule has 96 valence electrons. The van der Waals surface area contributed by atoms with E-state index in [1.807, 2.05) is 20.8 Å². The number of hydrogen-bond acceptors (Lipinski definition) is 5. The van der Waals surface area contributed by atoms with Crippen molar-refractivity contribution >= 4 is 5.95 Å². The van der Waals surface area contributed by atoms with Crippen LogP contribution in [0.3, 0.4) is 0 Å². The first kappa shape index (κ1) is 13.7. The van der Waals surface area contributed by atoms with Gasteiger partial charge in [0, 0.05) is 24.3 Å². The topological polar surface area (TPSA) is 73.1 Å². The van der Waals surface area contributed by atoms with Crippen molar-refractivity contribution in [1.29, 1.82) is 0 Å². The van der Waals surface area contributed by atoms with E-state index in [2.05, 4.69) is 22.2 Å². The maximum atomic E-state index is 5.73. The summed E-state index contributed by atoms with van der Waals surface area (Å²) in [6, 6.07) is 1.75. The van der Waals surface area contributed by atoms with Gasteiger partial charge in [0.05, 0.1) is 6.10 Å². The molecule has 0 radical (unpaired) electrons. The van der Waals surface area contributed by atoms with Crippen molar-refractivity contribution in [2.24, 2.45) is 5.73 Å². The fourth-order valence-electron chi connectivity index (χ4n) is 1.26. The minimum absolute atomic E-state index is 0.102. The van der Waals surface area contributed by atoms with Crippen LogP contribution in [0, 0.1) is 0 Å². The number of aromatic nitrogens is 2. The van der Waals surface area contributed by atoms with Crippen LogP contribution in [-0.4, -0.2) is 28.2 Å². The third-order valence-electron chi connectivity index (χ3n) is 2.63. The summed E-state index contributed by atoms with van der Waals surface area (Å²) in [6.07, 6.45) is 2.69. The largest absolute Gasteiger partial charge is 0.475 e. The number of hydrogen-bond donors (Lipinski definition) is 2. The van der Waals surface area contributed by atoms with Gasteiger partial charge in [0.15, 0.2) is 0 Å². The number of nitrogens with one attached hydrogen (secondary N) is 1. The summed E-state index contributed by atoms with van der Waals surface area (Å²) in [6.45, 7) is 8.58. The third kappa shape index (κ3) is 4.19. The van der Waals surface area contributed by atoms with Crippen molar-refractivity contribution in [3.8, 4) is 5.88 Å². The lowest BCUT2D eigenvalue weighted by molar-refractivity contribution is 0.232. The van der Waals surface area contributed by atoms with E-state index in [9.17, 15) is 0 Å². The number of nitrogens with zero attached hydrogens (tertiary/aromatic N) is 2. The maximum absolute atomic E-state index is 5.73. The maximum Gasteiger partial charge on any atom is 0.226 e. The van der Waals surface area contributed by atoms with Gasteiger partial charge < -0.3 is 15.8 Å². The second-order valence-electron chi connectivity index (χ2n) is 4.63. The highest BCUT2D eigenvalue weighted by Gasteiger charge is 2.20. The van der Waals surface area contributed by atoms with Crippen LogP contribution < -0.4 is 15.8 Å². The van der Waals surface area contributed by atoms with Gasteiger partial charge in [0.1, 0.15) is 0 Å². The number of anilines is 1. The average Bonchev–Trinajstić information content (AvgIpc) is 2.28. The van der Waals surface area contributed by atoms with E-state index in [0.29, 0.717) is 18.4 Å². The Morgan fingerprint density at radius 3 is 2.76 bits per heavy atom. The van der Waals surface area contributed by atoms with E-state index < -0.39 is 0 Å². The van der Waals surface area contributed by atoms with E-state index in [0.717, 1.165) is 6.42 Å². The van der Waals surface area contributed by atoms with Crippen LogP contribution in [0.4, 0.5) is 5.95 Å². The Morgan fingerprint density at radius 2 is 2.24 bits per heavy atom. The summed E-state index contributed by atoms with van der Waals surface area (Å²) in [7, 11) is 0. The monoisotopic (exact) mass is 238 g/mol. The molecule has 0 aromatic carbocycles. The summed E-state index contributed by atoms with van der Waals surface area (Å²) in [5.74, 6) is 1.13. The lowest BCUT2D eigenvalue weighted by atomic mass is 10.00. The minimum atomic E-state index is -0.184. The van der Waals surface area contributed by atoms with Crippen LogP contribution >= 0.6 is 0 Å². The molecule has 0 aliphatic rings. The zero-order valence-electron chi connectivity index (χ0n) is 11.0. The molecule has 17 heavy (non-hydrogen) atoms. The van der Waals surface area contributed by atoms with Crippen molar-refractivity contribution < 1.29 is 4.74 Å². The first-order valence-corrected chi connectivity index (χ1v) is 5.97. The molecule has 3 N–H and O–H groups in total. The molecule has 0 aliphatic carbocycles. The van der Waals surface area contributed by atoms with E-state index in [-0.39, 0.29) is 11.6 Å². The summed E-state index contributed by atoms with van der Waals surface area (Å²) in [4.78, 5) is 8.46. The zero-order chi connectivity index (χ0) is 12.9. The smallest absolute Gasteiger partial charge is 0.226 e. The van der Waals surface area contributed by atoms with Gasteiger partial charge in [-0.25, -0.2) is 4.98 Å². The lowest BCUT2D eigenvalue weighted by Crippen LogP contribution is -2.42. The lowest BCUT2D eigenvalue weighted by Gasteiger charge is -2.27. The molecule has 0 aliphatic heterocycles. The molecule has 1 unspecified atom stereocenters. The second kappa shape index (κ2) is 5.82. The molecule has 1 aromatic rings. The molecule has 1 heterocycles. The fraction of sp³-hybridized carbons (Fsp3) is 0.667. The molecule has 1 atom stereocenters. The Balaban J connectivity index is 2.78. The average molecular weight is 238 g/mol. The Bertz CT molecular complexity index is 350. The van der Waals surface area contributed by atoms with Crippen LogP contribution in [0.1, 0.15) is 34.1 Å². The van der Waals surface area contributed by atoms with E-state index >= 15 is 0 Å². The molecule has 0 amide bonds. The van der Waals surface area contributed by atoms with Gasteiger partial charge in [-0.3, -0.25) is 0 Å². The molecule has 5 heteroatoms. The van der Waals surface area contributed by atoms with Crippen molar-refractivity contribution in [3.05, 3.63) is 12.3 Å². The Morgan fingerprint density at radius 1 is 1.53 bits per heavy atom. The first-order valence-electron chi connectivity index (χ1n) is 5.97. The molecule has 5 nitrogen and oxygen atoms in total. The third-order valence-corrected chi connectivity index (χ3v) is 2.63. The summed E-state index contributed by atoms with van der Waals surface area (Å²) in [5, 5.41) is 3.24. The van der Waals surface area contributed by atoms with Crippen molar-refractivity contribution in [1.82, 2.24) is 9.97 Å². The molecular formula is C12H22N4O. The van der Waals surface area contributed by atoms with E-state index in [1.165, 1.54) is 0 Å². The van der Waals surface area contributed by atoms with Crippen LogP contribution in [0.15, 0.2) is 12.3 Å². The van der Waals surface area contributed by atoms with Gasteiger partial charge in [0.2, 0.25) is 11.8 Å². The van der Waals surface area contributed by atoms with Gasteiger partial charge in [-0.05, 0) is 27.2 Å². The quantitative estimate of drug-likeness (QED) is 0.790. The fourth-order valence-corrected chi connectivity index (χ4v) is 1.26. The normalized spacial score (nSPS) is 14.5. The molecule has 0 spiro atoms. The van der Waals surface area contributed by atoms with E-state index in [4.69, 9.17) is 10.5 Å². The zero-order valence-corrected chi connectivity index (χ0v) is 11.0. The molecule has 0 bridgehead atoms. The summed E-state index contributed by atoms with van der Waals surface area (Å²) in [5.41, 5.74) is 5.55. The molecule has 0 fully saturated rings. The Hall–Kier alpha value is -1.36.